The number of benzene rings is 1. The molecule has 7 nitrogen and oxygen atoms in total. The van der Waals surface area contributed by atoms with E-state index in [0.29, 0.717) is 26.2 Å². The Labute approximate surface area is 145 Å². The summed E-state index contributed by atoms with van der Waals surface area (Å²) >= 11 is 0. The fourth-order valence-electron chi connectivity index (χ4n) is 3.40. The van der Waals surface area contributed by atoms with Crippen LogP contribution in [0.1, 0.15) is 11.3 Å². The van der Waals surface area contributed by atoms with Crippen LogP contribution in [0, 0.1) is 0 Å². The summed E-state index contributed by atoms with van der Waals surface area (Å²) in [5.41, 5.74) is 4.32. The molecular weight excluding hydrogens is 320 g/mol. The molecule has 2 aromatic rings. The molecule has 0 bridgehead atoms. The van der Waals surface area contributed by atoms with Gasteiger partial charge in [0.1, 0.15) is 13.2 Å². The van der Waals surface area contributed by atoms with Gasteiger partial charge in [-0.1, -0.05) is 30.3 Å². The third-order valence-corrected chi connectivity index (χ3v) is 4.79. The van der Waals surface area contributed by atoms with Crippen molar-refractivity contribution in [1.29, 1.82) is 0 Å². The second kappa shape index (κ2) is 6.58. The molecule has 0 aliphatic carbocycles. The number of rotatable bonds is 3. The number of carbonyl (C=O) groups excluding carboxylic acids is 2. The fourth-order valence-corrected chi connectivity index (χ4v) is 3.40. The minimum absolute atomic E-state index is 0.0294. The van der Waals surface area contributed by atoms with Gasteiger partial charge in [0.2, 0.25) is 5.91 Å². The number of nitrogens with zero attached hydrogens (tertiary/aromatic N) is 3. The third kappa shape index (κ3) is 3.09. The van der Waals surface area contributed by atoms with E-state index in [9.17, 15) is 9.59 Å². The van der Waals surface area contributed by atoms with Crippen molar-refractivity contribution in [1.82, 2.24) is 20.0 Å². The lowest BCUT2D eigenvalue weighted by molar-refractivity contribution is -0.131. The number of hydrogen-bond acceptors (Lipinski definition) is 4. The van der Waals surface area contributed by atoms with Gasteiger partial charge < -0.3 is 9.64 Å². The molecule has 25 heavy (non-hydrogen) atoms. The molecule has 1 saturated heterocycles. The van der Waals surface area contributed by atoms with Gasteiger partial charge in [0.05, 0.1) is 12.2 Å². The SMILES string of the molecule is O=C(CN1CCOC1=O)N1CCc2[nH]nc(-c3ccccc3)c2CC1. The van der Waals surface area contributed by atoms with Gasteiger partial charge in [0.15, 0.2) is 0 Å². The van der Waals surface area contributed by atoms with Crippen molar-refractivity contribution < 1.29 is 14.3 Å². The Morgan fingerprint density at radius 1 is 1.16 bits per heavy atom. The Morgan fingerprint density at radius 2 is 1.96 bits per heavy atom. The maximum absolute atomic E-state index is 12.5. The smallest absolute Gasteiger partial charge is 0.410 e. The Morgan fingerprint density at radius 3 is 2.72 bits per heavy atom. The molecule has 2 amide bonds. The van der Waals surface area contributed by atoms with Crippen LogP contribution in [0.15, 0.2) is 30.3 Å². The van der Waals surface area contributed by atoms with Crippen molar-refractivity contribution >= 4 is 12.0 Å². The maximum Gasteiger partial charge on any atom is 0.410 e. The average Bonchev–Trinajstić information content (AvgIpc) is 3.16. The lowest BCUT2D eigenvalue weighted by atomic mass is 10.0. The molecule has 3 heterocycles. The fraction of sp³-hybridized carbons (Fsp3) is 0.389. The van der Waals surface area contributed by atoms with E-state index in [0.717, 1.165) is 29.8 Å². The Balaban J connectivity index is 1.46. The molecule has 0 unspecified atom stereocenters. The highest BCUT2D eigenvalue weighted by atomic mass is 16.6. The topological polar surface area (TPSA) is 78.5 Å². The zero-order chi connectivity index (χ0) is 17.2. The molecular formula is C18H20N4O3. The Bertz CT molecular complexity index is 787. The van der Waals surface area contributed by atoms with E-state index < -0.39 is 6.09 Å². The van der Waals surface area contributed by atoms with E-state index in [2.05, 4.69) is 10.2 Å². The first-order chi connectivity index (χ1) is 12.2. The molecule has 1 fully saturated rings. The van der Waals surface area contributed by atoms with E-state index in [1.807, 2.05) is 35.2 Å². The molecule has 2 aliphatic heterocycles. The number of aromatic amines is 1. The van der Waals surface area contributed by atoms with Crippen LogP contribution in [-0.2, 0) is 22.4 Å². The van der Waals surface area contributed by atoms with E-state index >= 15 is 0 Å². The molecule has 0 radical (unpaired) electrons. The van der Waals surface area contributed by atoms with Crippen molar-refractivity contribution in [3.05, 3.63) is 41.6 Å². The predicted molar refractivity (Wildman–Crippen MR) is 90.9 cm³/mol. The standard InChI is InChI=1S/C18H20N4O3/c23-16(12-22-10-11-25-18(22)24)21-8-6-14-15(7-9-21)19-20-17(14)13-4-2-1-3-5-13/h1-5H,6-12H2,(H,19,20). The highest BCUT2D eigenvalue weighted by Crippen LogP contribution is 2.26. The van der Waals surface area contributed by atoms with Gasteiger partial charge in [-0.15, -0.1) is 0 Å². The van der Waals surface area contributed by atoms with Crippen LogP contribution in [0.4, 0.5) is 4.79 Å². The number of nitrogens with one attached hydrogen (secondary N) is 1. The predicted octanol–water partition coefficient (Wildman–Crippen LogP) is 1.46. The van der Waals surface area contributed by atoms with Gasteiger partial charge in [0, 0.05) is 36.3 Å². The first-order valence-corrected chi connectivity index (χ1v) is 8.53. The molecule has 1 aromatic heterocycles. The van der Waals surface area contributed by atoms with Crippen molar-refractivity contribution in [3.8, 4) is 11.3 Å². The van der Waals surface area contributed by atoms with Crippen LogP contribution in [0.2, 0.25) is 0 Å². The lowest BCUT2D eigenvalue weighted by Crippen LogP contribution is -2.41. The quantitative estimate of drug-likeness (QED) is 0.917. The summed E-state index contributed by atoms with van der Waals surface area (Å²) in [6.45, 7) is 2.21. The van der Waals surface area contributed by atoms with Crippen LogP contribution < -0.4 is 0 Å². The van der Waals surface area contributed by atoms with Crippen molar-refractivity contribution in [2.75, 3.05) is 32.8 Å². The summed E-state index contributed by atoms with van der Waals surface area (Å²) in [5.74, 6) is -0.0294. The zero-order valence-corrected chi connectivity index (χ0v) is 13.9. The molecule has 0 saturated carbocycles. The van der Waals surface area contributed by atoms with E-state index in [1.54, 1.807) is 0 Å². The largest absolute Gasteiger partial charge is 0.448 e. The van der Waals surface area contributed by atoms with Gasteiger partial charge in [-0.25, -0.2) is 4.79 Å². The van der Waals surface area contributed by atoms with E-state index in [1.165, 1.54) is 10.5 Å². The van der Waals surface area contributed by atoms with Crippen molar-refractivity contribution in [2.24, 2.45) is 0 Å². The second-order valence-electron chi connectivity index (χ2n) is 6.31. The molecule has 130 valence electrons. The number of carbonyl (C=O) groups is 2. The summed E-state index contributed by atoms with van der Waals surface area (Å²) in [6.07, 6.45) is 1.10. The lowest BCUT2D eigenvalue weighted by Gasteiger charge is -2.22. The number of fused-ring (bicyclic) bond motifs is 1. The molecule has 4 rings (SSSR count). The minimum atomic E-state index is -0.399. The zero-order valence-electron chi connectivity index (χ0n) is 13.9. The van der Waals surface area contributed by atoms with Crippen LogP contribution in [-0.4, -0.2) is 64.8 Å². The number of H-pyrrole nitrogens is 1. The monoisotopic (exact) mass is 340 g/mol. The molecule has 2 aliphatic rings. The van der Waals surface area contributed by atoms with Crippen LogP contribution in [0.25, 0.3) is 11.3 Å². The van der Waals surface area contributed by atoms with E-state index in [-0.39, 0.29) is 12.5 Å². The molecule has 7 heteroatoms. The highest BCUT2D eigenvalue weighted by molar-refractivity contribution is 5.83. The summed E-state index contributed by atoms with van der Waals surface area (Å²) < 4.78 is 4.88. The first-order valence-electron chi connectivity index (χ1n) is 8.53. The summed E-state index contributed by atoms with van der Waals surface area (Å²) in [5, 5.41) is 7.61. The summed E-state index contributed by atoms with van der Waals surface area (Å²) in [7, 11) is 0. The number of amides is 2. The van der Waals surface area contributed by atoms with Gasteiger partial charge in [-0.05, 0) is 6.42 Å². The number of aromatic nitrogens is 2. The molecule has 1 N–H and O–H groups in total. The Hall–Kier alpha value is -2.83. The Kier molecular flexibility index (Phi) is 4.13. The number of hydrogen-bond donors (Lipinski definition) is 1. The van der Waals surface area contributed by atoms with Crippen LogP contribution in [0.3, 0.4) is 0 Å². The van der Waals surface area contributed by atoms with E-state index in [4.69, 9.17) is 4.74 Å². The van der Waals surface area contributed by atoms with Crippen molar-refractivity contribution in [2.45, 2.75) is 12.8 Å². The van der Waals surface area contributed by atoms with Gasteiger partial charge in [0.25, 0.3) is 0 Å². The highest BCUT2D eigenvalue weighted by Gasteiger charge is 2.28. The van der Waals surface area contributed by atoms with Crippen molar-refractivity contribution in [3.63, 3.8) is 0 Å². The normalized spacial score (nSPS) is 17.2. The maximum atomic E-state index is 12.5. The first kappa shape index (κ1) is 15.7. The molecule has 0 atom stereocenters. The average molecular weight is 340 g/mol. The molecule has 0 spiro atoms. The number of ether oxygens (including phenoxy) is 1. The van der Waals surface area contributed by atoms with Gasteiger partial charge in [-0.3, -0.25) is 14.8 Å². The van der Waals surface area contributed by atoms with Gasteiger partial charge in [-0.2, -0.15) is 5.10 Å². The second-order valence-corrected chi connectivity index (χ2v) is 6.31. The summed E-state index contributed by atoms with van der Waals surface area (Å²) in [6, 6.07) is 10.1. The van der Waals surface area contributed by atoms with Gasteiger partial charge >= 0.3 is 6.09 Å². The molecule has 1 aromatic carbocycles. The third-order valence-electron chi connectivity index (χ3n) is 4.79. The van der Waals surface area contributed by atoms with Crippen LogP contribution in [0.5, 0.6) is 0 Å². The minimum Gasteiger partial charge on any atom is -0.448 e. The summed E-state index contributed by atoms with van der Waals surface area (Å²) in [4.78, 5) is 27.3. The number of cyclic esters (lactones) is 1. The van der Waals surface area contributed by atoms with Crippen LogP contribution >= 0.6 is 0 Å².